The van der Waals surface area contributed by atoms with Crippen molar-refractivity contribution in [2.75, 3.05) is 37.0 Å². The molecule has 0 aliphatic heterocycles. The number of nitrogens with one attached hydrogen (secondary N) is 1. The first-order chi connectivity index (χ1) is 11.5. The van der Waals surface area contributed by atoms with Gasteiger partial charge in [0.25, 0.3) is 0 Å². The Kier molecular flexibility index (Phi) is 11.3. The number of carbonyl (C=O) groups is 2. The van der Waals surface area contributed by atoms with Crippen LogP contribution in [0.15, 0.2) is 11.8 Å². The molecule has 0 aromatic rings. The van der Waals surface area contributed by atoms with E-state index in [4.69, 9.17) is 16.3 Å². The van der Waals surface area contributed by atoms with Crippen molar-refractivity contribution in [1.82, 2.24) is 5.32 Å². The lowest BCUT2D eigenvalue weighted by atomic mass is 10.1. The van der Waals surface area contributed by atoms with Crippen LogP contribution in [0.5, 0.6) is 0 Å². The lowest BCUT2D eigenvalue weighted by Crippen LogP contribution is -2.38. The molecule has 0 rings (SSSR count). The number of ether oxygens (including phenoxy) is 1. The number of hydrogen-bond donors (Lipinski definition) is 1. The Morgan fingerprint density at radius 3 is 2.24 bits per heavy atom. The molecule has 25 heavy (non-hydrogen) atoms. The van der Waals surface area contributed by atoms with Gasteiger partial charge in [-0.1, -0.05) is 18.9 Å². The second kappa shape index (κ2) is 11.7. The van der Waals surface area contributed by atoms with Gasteiger partial charge in [-0.2, -0.15) is 13.2 Å². The summed E-state index contributed by atoms with van der Waals surface area (Å²) in [6.45, 7) is 0.104. The van der Waals surface area contributed by atoms with E-state index in [1.165, 1.54) is 6.08 Å². The Labute approximate surface area is 153 Å². The van der Waals surface area contributed by atoms with Gasteiger partial charge in [0.15, 0.2) is 0 Å². The minimum Gasteiger partial charge on any atom is -0.460 e. The Bertz CT molecular complexity index is 463. The number of amides is 1. The zero-order valence-electron chi connectivity index (χ0n) is 14.9. The van der Waals surface area contributed by atoms with Crippen molar-refractivity contribution >= 4 is 33.5 Å². The van der Waals surface area contributed by atoms with Gasteiger partial charge in [-0.05, 0) is 38.0 Å². The quantitative estimate of drug-likeness (QED) is 0.245. The van der Waals surface area contributed by atoms with Gasteiger partial charge < -0.3 is 10.1 Å². The summed E-state index contributed by atoms with van der Waals surface area (Å²) >= 11 is 5.56. The molecule has 9 heteroatoms. The number of allylic oxidation sites excluding steroid dienone is 1. The van der Waals surface area contributed by atoms with Crippen LogP contribution in [0, 0.1) is 0 Å². The fourth-order valence-electron chi connectivity index (χ4n) is 1.68. The van der Waals surface area contributed by atoms with Crippen LogP contribution in [0.3, 0.4) is 0 Å². The first-order valence-corrected chi connectivity index (χ1v) is 11.5. The summed E-state index contributed by atoms with van der Waals surface area (Å²) in [7, 11) is -0.896. The zero-order valence-corrected chi connectivity index (χ0v) is 16.5. The van der Waals surface area contributed by atoms with Gasteiger partial charge in [0.2, 0.25) is 0 Å². The normalized spacial score (nSPS) is 13.5. The molecule has 0 aromatic carbocycles. The highest BCUT2D eigenvalue weighted by atomic mass is 35.5. The second-order valence-corrected chi connectivity index (χ2v) is 11.4. The van der Waals surface area contributed by atoms with E-state index in [1.54, 1.807) is 5.32 Å². The fourth-order valence-corrected chi connectivity index (χ4v) is 2.45. The van der Waals surface area contributed by atoms with Gasteiger partial charge in [0, 0.05) is 11.6 Å². The van der Waals surface area contributed by atoms with Crippen molar-refractivity contribution in [1.29, 1.82) is 0 Å². The average Bonchev–Trinajstić information content (AvgIpc) is 2.46. The number of carbonyl (C=O) groups excluding carboxylic acids is 2. The van der Waals surface area contributed by atoms with Crippen molar-refractivity contribution in [3.8, 4) is 0 Å². The van der Waals surface area contributed by atoms with Crippen LogP contribution in [0.2, 0.25) is 0 Å². The number of halogens is 4. The van der Waals surface area contributed by atoms with E-state index in [-0.39, 0.29) is 6.61 Å². The maximum Gasteiger partial charge on any atom is 0.471 e. The molecule has 0 unspecified atom stereocenters. The lowest BCUT2D eigenvalue weighted by molar-refractivity contribution is -0.173. The number of alkyl halides is 4. The molecule has 1 amide bonds. The summed E-state index contributed by atoms with van der Waals surface area (Å²) in [5.74, 6) is -1.93. The molecule has 4 nitrogen and oxygen atoms in total. The molecule has 0 spiro atoms. The summed E-state index contributed by atoms with van der Waals surface area (Å²) in [6.07, 6.45) is 5.98. The minimum atomic E-state index is -5.06. The van der Waals surface area contributed by atoms with E-state index in [9.17, 15) is 22.8 Å². The smallest absolute Gasteiger partial charge is 0.460 e. The van der Waals surface area contributed by atoms with Gasteiger partial charge in [0.1, 0.15) is 5.70 Å². The molecule has 1 N–H and O–H groups in total. The van der Waals surface area contributed by atoms with Crippen molar-refractivity contribution in [3.63, 3.8) is 0 Å². The molecule has 0 fully saturated rings. The van der Waals surface area contributed by atoms with E-state index in [0.717, 1.165) is 19.3 Å². The Morgan fingerprint density at radius 1 is 1.12 bits per heavy atom. The SMILES string of the molecule is CS(C)(C)CCOC(=O)/C(=C/CCCCCCCl)NC(=O)C(F)(F)F. The second-order valence-electron chi connectivity index (χ2n) is 6.39. The van der Waals surface area contributed by atoms with E-state index in [2.05, 4.69) is 0 Å². The van der Waals surface area contributed by atoms with Crippen LogP contribution >= 0.6 is 21.6 Å². The van der Waals surface area contributed by atoms with Gasteiger partial charge >= 0.3 is 18.1 Å². The first kappa shape index (κ1) is 24.1. The van der Waals surface area contributed by atoms with Gasteiger partial charge in [-0.15, -0.1) is 11.6 Å². The van der Waals surface area contributed by atoms with Crippen molar-refractivity contribution in [2.45, 2.75) is 38.3 Å². The molecule has 0 atom stereocenters. The van der Waals surface area contributed by atoms with Crippen LogP contribution in [-0.2, 0) is 14.3 Å². The maximum atomic E-state index is 12.4. The average molecular weight is 406 g/mol. The van der Waals surface area contributed by atoms with Gasteiger partial charge in [-0.3, -0.25) is 4.79 Å². The van der Waals surface area contributed by atoms with Gasteiger partial charge in [-0.25, -0.2) is 14.8 Å². The fraction of sp³-hybridized carbons (Fsp3) is 0.750. The monoisotopic (exact) mass is 405 g/mol. The molecule has 0 aromatic heterocycles. The minimum absolute atomic E-state index is 0.104. The summed E-state index contributed by atoms with van der Waals surface area (Å²) in [5, 5.41) is 1.61. The molecule has 0 saturated carbocycles. The topological polar surface area (TPSA) is 55.4 Å². The van der Waals surface area contributed by atoms with E-state index >= 15 is 0 Å². The maximum absolute atomic E-state index is 12.4. The first-order valence-electron chi connectivity index (χ1n) is 7.95. The van der Waals surface area contributed by atoms with E-state index < -0.39 is 33.8 Å². The number of esters is 1. The van der Waals surface area contributed by atoms with E-state index in [1.807, 2.05) is 18.8 Å². The van der Waals surface area contributed by atoms with Crippen molar-refractivity contribution in [2.24, 2.45) is 0 Å². The lowest BCUT2D eigenvalue weighted by Gasteiger charge is -2.24. The van der Waals surface area contributed by atoms with Crippen LogP contribution in [0.4, 0.5) is 13.2 Å². The van der Waals surface area contributed by atoms with Gasteiger partial charge in [0.05, 0.1) is 6.61 Å². The standard InChI is InChI=1S/C16H27ClF3NO3S/c1-25(2,3)12-11-24-14(22)13(21-15(23)16(18,19)20)9-7-5-4-6-8-10-17/h9H,4-8,10-12H2,1-3H3,(H,21,23)/b13-9-. The Balaban J connectivity index is 4.70. The Hall–Kier alpha value is -0.890. The summed E-state index contributed by atoms with van der Waals surface area (Å²) < 4.78 is 42.2. The van der Waals surface area contributed by atoms with Crippen molar-refractivity contribution in [3.05, 3.63) is 11.8 Å². The Morgan fingerprint density at radius 2 is 1.72 bits per heavy atom. The molecular formula is C16H27ClF3NO3S. The zero-order chi connectivity index (χ0) is 19.5. The number of hydrogen-bond acceptors (Lipinski definition) is 3. The van der Waals surface area contributed by atoms with Crippen molar-refractivity contribution < 1.29 is 27.5 Å². The highest BCUT2D eigenvalue weighted by molar-refractivity contribution is 8.32. The summed E-state index contributed by atoms with van der Waals surface area (Å²) in [4.78, 5) is 23.1. The highest BCUT2D eigenvalue weighted by Crippen LogP contribution is 2.33. The molecule has 0 bridgehead atoms. The molecule has 0 aliphatic rings. The molecule has 148 valence electrons. The molecule has 0 radical (unpaired) electrons. The molecule has 0 aliphatic carbocycles. The van der Waals surface area contributed by atoms with Crippen LogP contribution in [0.25, 0.3) is 0 Å². The largest absolute Gasteiger partial charge is 0.471 e. The third kappa shape index (κ3) is 13.0. The number of rotatable bonds is 11. The van der Waals surface area contributed by atoms with Crippen LogP contribution < -0.4 is 5.32 Å². The molecular weight excluding hydrogens is 379 g/mol. The number of unbranched alkanes of at least 4 members (excludes halogenated alkanes) is 4. The predicted molar refractivity (Wildman–Crippen MR) is 97.3 cm³/mol. The predicted octanol–water partition coefficient (Wildman–Crippen LogP) is 3.98. The molecule has 0 saturated heterocycles. The summed E-state index contributed by atoms with van der Waals surface area (Å²) in [6, 6.07) is 0. The summed E-state index contributed by atoms with van der Waals surface area (Å²) in [5.41, 5.74) is -0.455. The van der Waals surface area contributed by atoms with Crippen LogP contribution in [-0.4, -0.2) is 55.1 Å². The third-order valence-electron chi connectivity index (χ3n) is 3.09. The highest BCUT2D eigenvalue weighted by Gasteiger charge is 2.39. The van der Waals surface area contributed by atoms with Crippen LogP contribution in [0.1, 0.15) is 32.1 Å². The van der Waals surface area contributed by atoms with E-state index in [0.29, 0.717) is 24.5 Å². The molecule has 0 heterocycles. The third-order valence-corrected chi connectivity index (χ3v) is 4.75.